The first-order valence-electron chi connectivity index (χ1n) is 14.7. The summed E-state index contributed by atoms with van der Waals surface area (Å²) in [6.45, 7) is 22.5. The van der Waals surface area contributed by atoms with E-state index < -0.39 is 0 Å². The highest BCUT2D eigenvalue weighted by atomic mass is 79.9. The molecule has 0 spiro atoms. The molecule has 4 aromatic rings. The molecule has 4 aromatic carbocycles. The maximum Gasteiger partial charge on any atom is 0.0467 e. The van der Waals surface area contributed by atoms with Gasteiger partial charge < -0.3 is 4.90 Å². The van der Waals surface area contributed by atoms with Crippen LogP contribution in [0.2, 0.25) is 0 Å². The highest BCUT2D eigenvalue weighted by Crippen LogP contribution is 2.76. The van der Waals surface area contributed by atoms with Gasteiger partial charge in [-0.05, 0) is 110 Å². The van der Waals surface area contributed by atoms with Crippen LogP contribution in [0.3, 0.4) is 0 Å². The Morgan fingerprint density at radius 3 is 1.37 bits per heavy atom. The first kappa shape index (κ1) is 28.7. The summed E-state index contributed by atoms with van der Waals surface area (Å²) in [6, 6.07) is 31.2. The number of hydrogen-bond donors (Lipinski definition) is 0. The molecule has 0 fully saturated rings. The summed E-state index contributed by atoms with van der Waals surface area (Å²) >= 11 is 7.23. The number of benzene rings is 4. The van der Waals surface area contributed by atoms with Crippen molar-refractivity contribution >= 4 is 48.9 Å². The average molecular weight is 672 g/mol. The van der Waals surface area contributed by atoms with Crippen molar-refractivity contribution in [3.05, 3.63) is 111 Å². The summed E-state index contributed by atoms with van der Waals surface area (Å²) in [7, 11) is 0. The Morgan fingerprint density at radius 2 is 0.927 bits per heavy atom. The zero-order valence-corrected chi connectivity index (χ0v) is 29.0. The zero-order valence-electron chi connectivity index (χ0n) is 25.8. The van der Waals surface area contributed by atoms with Crippen LogP contribution in [0.4, 0.5) is 17.1 Å². The van der Waals surface area contributed by atoms with Crippen LogP contribution < -0.4 is 4.90 Å². The lowest BCUT2D eigenvalue weighted by Gasteiger charge is -2.56. The van der Waals surface area contributed by atoms with Crippen LogP contribution in [0.15, 0.2) is 93.9 Å². The summed E-state index contributed by atoms with van der Waals surface area (Å²) in [5.74, 6) is 0. The fourth-order valence-electron chi connectivity index (χ4n) is 8.11. The molecule has 6 rings (SSSR count). The fourth-order valence-corrected chi connectivity index (χ4v) is 8.64. The van der Waals surface area contributed by atoms with Gasteiger partial charge in [0.2, 0.25) is 0 Å². The normalized spacial score (nSPS) is 20.1. The van der Waals surface area contributed by atoms with Crippen molar-refractivity contribution in [3.63, 3.8) is 0 Å². The summed E-state index contributed by atoms with van der Waals surface area (Å²) in [5, 5.41) is 0. The number of hydrogen-bond acceptors (Lipinski definition) is 1. The predicted molar refractivity (Wildman–Crippen MR) is 183 cm³/mol. The predicted octanol–water partition coefficient (Wildman–Crippen LogP) is 12.2. The lowest BCUT2D eigenvalue weighted by molar-refractivity contribution is -0.0105. The van der Waals surface area contributed by atoms with E-state index in [1.165, 1.54) is 22.3 Å². The number of anilines is 3. The van der Waals surface area contributed by atoms with E-state index in [2.05, 4.69) is 184 Å². The second-order valence-electron chi connectivity index (χ2n) is 14.4. The molecule has 41 heavy (non-hydrogen) atoms. The van der Waals surface area contributed by atoms with Crippen LogP contribution in [-0.2, 0) is 16.2 Å². The van der Waals surface area contributed by atoms with Gasteiger partial charge in [-0.1, -0.05) is 118 Å². The Morgan fingerprint density at radius 1 is 0.488 bits per heavy atom. The summed E-state index contributed by atoms with van der Waals surface area (Å²) < 4.78 is 2.15. The minimum absolute atomic E-state index is 0.0497. The average Bonchev–Trinajstić information content (AvgIpc) is 3.14. The smallest absolute Gasteiger partial charge is 0.0467 e. The molecule has 0 bridgehead atoms. The molecule has 2 aliphatic carbocycles. The number of halogens is 2. The van der Waals surface area contributed by atoms with Crippen LogP contribution >= 0.6 is 31.9 Å². The van der Waals surface area contributed by atoms with Crippen molar-refractivity contribution in [2.75, 3.05) is 4.90 Å². The lowest BCUT2D eigenvalue weighted by Crippen LogP contribution is -2.54. The van der Waals surface area contributed by atoms with Crippen LogP contribution in [0, 0.1) is 10.8 Å². The molecule has 0 radical (unpaired) electrons. The van der Waals surface area contributed by atoms with Gasteiger partial charge in [0.15, 0.2) is 0 Å². The fraction of sp³-hybridized carbons (Fsp3) is 0.368. The van der Waals surface area contributed by atoms with Gasteiger partial charge in [-0.3, -0.25) is 0 Å². The Balaban J connectivity index is 1.56. The molecule has 0 saturated carbocycles. The van der Waals surface area contributed by atoms with Gasteiger partial charge in [-0.25, -0.2) is 0 Å². The molecule has 0 heterocycles. The Labute approximate surface area is 263 Å². The maximum absolute atomic E-state index is 3.61. The maximum atomic E-state index is 3.61. The van der Waals surface area contributed by atoms with Crippen molar-refractivity contribution in [2.45, 2.75) is 78.6 Å². The molecule has 0 aromatic heterocycles. The minimum Gasteiger partial charge on any atom is -0.310 e. The van der Waals surface area contributed by atoms with Crippen molar-refractivity contribution < 1.29 is 0 Å². The SMILES string of the molecule is CC1(C)c2cc(-c3cccc(N(c4ccc(Br)cc4)c4ccc(Br)cc4)c3)cc3c2C(C)(C1(C)C)C(C)(C)C3(C)C. The number of nitrogens with zero attached hydrogens (tertiary/aromatic N) is 1. The van der Waals surface area contributed by atoms with Gasteiger partial charge in [0.1, 0.15) is 0 Å². The summed E-state index contributed by atoms with van der Waals surface area (Å²) in [5.41, 5.74) is 11.0. The molecule has 2 aliphatic rings. The first-order valence-corrected chi connectivity index (χ1v) is 16.3. The second kappa shape index (κ2) is 9.07. The molecule has 212 valence electrons. The van der Waals surface area contributed by atoms with Crippen LogP contribution in [-0.4, -0.2) is 0 Å². The topological polar surface area (TPSA) is 3.24 Å². The van der Waals surface area contributed by atoms with Gasteiger partial charge in [0.05, 0.1) is 0 Å². The molecule has 0 atom stereocenters. The molecule has 3 heteroatoms. The quantitative estimate of drug-likeness (QED) is 0.209. The van der Waals surface area contributed by atoms with Gasteiger partial charge >= 0.3 is 0 Å². The third-order valence-electron chi connectivity index (χ3n) is 12.2. The second-order valence-corrected chi connectivity index (χ2v) is 16.2. The van der Waals surface area contributed by atoms with E-state index in [1.807, 2.05) is 0 Å². The lowest BCUT2D eigenvalue weighted by atomic mass is 9.47. The van der Waals surface area contributed by atoms with E-state index >= 15 is 0 Å². The highest BCUT2D eigenvalue weighted by Gasteiger charge is 2.72. The van der Waals surface area contributed by atoms with E-state index in [-0.39, 0.29) is 27.1 Å². The third-order valence-corrected chi connectivity index (χ3v) is 13.3. The Kier molecular flexibility index (Phi) is 6.36. The third kappa shape index (κ3) is 3.70. The van der Waals surface area contributed by atoms with Crippen molar-refractivity contribution in [3.8, 4) is 11.1 Å². The van der Waals surface area contributed by atoms with E-state index in [4.69, 9.17) is 0 Å². The Hall–Kier alpha value is -2.36. The van der Waals surface area contributed by atoms with Crippen LogP contribution in [0.5, 0.6) is 0 Å². The molecule has 1 nitrogen and oxygen atoms in total. The summed E-state index contributed by atoms with van der Waals surface area (Å²) in [6.07, 6.45) is 0. The number of rotatable bonds is 4. The molecule has 0 N–H and O–H groups in total. The molecule has 0 unspecified atom stereocenters. The monoisotopic (exact) mass is 669 g/mol. The molecule has 0 amide bonds. The van der Waals surface area contributed by atoms with Crippen molar-refractivity contribution in [1.29, 1.82) is 0 Å². The molecular formula is C38H41Br2N. The van der Waals surface area contributed by atoms with E-state index in [0.717, 1.165) is 26.0 Å². The van der Waals surface area contributed by atoms with Gasteiger partial charge in [0, 0.05) is 31.4 Å². The van der Waals surface area contributed by atoms with E-state index in [9.17, 15) is 0 Å². The zero-order chi connectivity index (χ0) is 29.8. The molecular weight excluding hydrogens is 630 g/mol. The standard InChI is InChI=1S/C38H41Br2N/c1-34(2)31-22-25(23-32-33(31)38(9,36(34,5)6)37(7,8)35(32,3)4)24-11-10-12-30(21-24)41(28-17-13-26(39)14-18-28)29-19-15-27(40)16-20-29/h10-23H,1-9H3. The van der Waals surface area contributed by atoms with Crippen molar-refractivity contribution in [2.24, 2.45) is 10.8 Å². The van der Waals surface area contributed by atoms with Gasteiger partial charge in [-0.15, -0.1) is 0 Å². The minimum atomic E-state index is 0.0497. The van der Waals surface area contributed by atoms with Gasteiger partial charge in [0.25, 0.3) is 0 Å². The van der Waals surface area contributed by atoms with Gasteiger partial charge in [-0.2, -0.15) is 0 Å². The summed E-state index contributed by atoms with van der Waals surface area (Å²) in [4.78, 5) is 2.34. The highest BCUT2D eigenvalue weighted by molar-refractivity contribution is 9.10. The van der Waals surface area contributed by atoms with Crippen LogP contribution in [0.1, 0.15) is 79.0 Å². The van der Waals surface area contributed by atoms with E-state index in [1.54, 1.807) is 5.56 Å². The first-order chi connectivity index (χ1) is 19.1. The molecule has 0 saturated heterocycles. The van der Waals surface area contributed by atoms with Crippen molar-refractivity contribution in [1.82, 2.24) is 0 Å². The van der Waals surface area contributed by atoms with E-state index in [0.29, 0.717) is 0 Å². The Bertz CT molecular complexity index is 1560. The largest absolute Gasteiger partial charge is 0.310 e. The van der Waals surface area contributed by atoms with Crippen LogP contribution in [0.25, 0.3) is 11.1 Å². The molecule has 0 aliphatic heterocycles.